The highest BCUT2D eigenvalue weighted by Gasteiger charge is 2.18. The third-order valence-electron chi connectivity index (χ3n) is 3.16. The first-order chi connectivity index (χ1) is 8.31. The molecule has 5 heteroatoms. The van der Waals surface area contributed by atoms with Crippen LogP contribution < -0.4 is 0 Å². The molecule has 0 bridgehead atoms. The Balaban J connectivity index is 1.84. The molecule has 4 nitrogen and oxygen atoms in total. The molecule has 1 saturated carbocycles. The summed E-state index contributed by atoms with van der Waals surface area (Å²) in [5.74, 6) is 1.86. The summed E-state index contributed by atoms with van der Waals surface area (Å²) in [6.45, 7) is 0. The molecule has 1 aromatic heterocycles. The molecule has 0 unspecified atom stereocenters. The first kappa shape index (κ1) is 12.6. The van der Waals surface area contributed by atoms with Crippen LogP contribution >= 0.6 is 11.6 Å². The van der Waals surface area contributed by atoms with E-state index in [1.165, 1.54) is 0 Å². The van der Waals surface area contributed by atoms with Gasteiger partial charge in [-0.05, 0) is 37.7 Å². The number of alkyl halides is 1. The Morgan fingerprint density at radius 2 is 2.12 bits per heavy atom. The Morgan fingerprint density at radius 3 is 2.71 bits per heavy atom. The molecule has 0 spiro atoms. The van der Waals surface area contributed by atoms with E-state index in [9.17, 15) is 0 Å². The van der Waals surface area contributed by atoms with Crippen molar-refractivity contribution < 1.29 is 9.15 Å². The van der Waals surface area contributed by atoms with Crippen LogP contribution in [0, 0.1) is 5.92 Å². The molecule has 1 heterocycles. The second-order valence-corrected chi connectivity index (χ2v) is 4.57. The molecule has 0 aliphatic heterocycles. The number of ether oxygens (including phenoxy) is 1. The molecule has 2 rings (SSSR count). The van der Waals surface area contributed by atoms with Crippen LogP contribution in [0.5, 0.6) is 0 Å². The molecular formula is C12H17ClN2O2. The molecule has 1 aliphatic carbocycles. The molecule has 0 amide bonds. The minimum absolute atomic E-state index is 0.264. The van der Waals surface area contributed by atoms with Gasteiger partial charge >= 0.3 is 0 Å². The van der Waals surface area contributed by atoms with E-state index in [-0.39, 0.29) is 5.88 Å². The molecule has 0 atom stereocenters. The number of allylic oxidation sites excluding steroid dienone is 1. The van der Waals surface area contributed by atoms with Crippen LogP contribution in [0.3, 0.4) is 0 Å². The van der Waals surface area contributed by atoms with Crippen molar-refractivity contribution in [1.29, 1.82) is 0 Å². The van der Waals surface area contributed by atoms with Crippen molar-refractivity contribution in [3.8, 4) is 0 Å². The fraction of sp³-hybridized carbons (Fsp3) is 0.667. The van der Waals surface area contributed by atoms with Crippen molar-refractivity contribution in [1.82, 2.24) is 10.2 Å². The summed E-state index contributed by atoms with van der Waals surface area (Å²) in [6.07, 6.45) is 9.05. The van der Waals surface area contributed by atoms with E-state index in [1.54, 1.807) is 7.11 Å². The Morgan fingerprint density at radius 1 is 1.35 bits per heavy atom. The first-order valence-corrected chi connectivity index (χ1v) is 6.44. The van der Waals surface area contributed by atoms with Gasteiger partial charge in [0.25, 0.3) is 0 Å². The van der Waals surface area contributed by atoms with E-state index >= 15 is 0 Å². The Kier molecular flexibility index (Phi) is 4.57. The van der Waals surface area contributed by atoms with E-state index in [1.807, 2.05) is 6.08 Å². The number of hydrogen-bond donors (Lipinski definition) is 0. The molecule has 0 N–H and O–H groups in total. The van der Waals surface area contributed by atoms with Crippen molar-refractivity contribution in [3.63, 3.8) is 0 Å². The molecule has 1 aromatic rings. The third kappa shape index (κ3) is 3.54. The van der Waals surface area contributed by atoms with Crippen LogP contribution in [0.2, 0.25) is 0 Å². The van der Waals surface area contributed by atoms with Crippen molar-refractivity contribution in [2.45, 2.75) is 37.7 Å². The Labute approximate surface area is 106 Å². The van der Waals surface area contributed by atoms with E-state index in [2.05, 4.69) is 16.3 Å². The predicted molar refractivity (Wildman–Crippen MR) is 65.6 cm³/mol. The number of rotatable bonds is 4. The third-order valence-corrected chi connectivity index (χ3v) is 3.39. The summed E-state index contributed by atoms with van der Waals surface area (Å²) in [6, 6.07) is 0. The maximum atomic E-state index is 5.59. The maximum Gasteiger partial charge on any atom is 0.240 e. The Hall–Kier alpha value is -0.870. The van der Waals surface area contributed by atoms with Gasteiger partial charge in [-0.2, -0.15) is 0 Å². The molecule has 94 valence electrons. The number of hydrogen-bond acceptors (Lipinski definition) is 4. The predicted octanol–water partition coefficient (Wildman–Crippen LogP) is 3.03. The molecule has 0 saturated heterocycles. The molecular weight excluding hydrogens is 240 g/mol. The lowest BCUT2D eigenvalue weighted by molar-refractivity contribution is 0.0627. The first-order valence-electron chi connectivity index (χ1n) is 5.91. The largest absolute Gasteiger partial charge is 0.420 e. The van der Waals surface area contributed by atoms with Gasteiger partial charge in [0.05, 0.1) is 6.10 Å². The zero-order valence-corrected chi connectivity index (χ0v) is 10.7. The monoisotopic (exact) mass is 256 g/mol. The van der Waals surface area contributed by atoms with Crippen molar-refractivity contribution in [3.05, 3.63) is 17.9 Å². The molecule has 0 aromatic carbocycles. The summed E-state index contributed by atoms with van der Waals surface area (Å²) in [7, 11) is 1.78. The lowest BCUT2D eigenvalue weighted by Gasteiger charge is -2.25. The van der Waals surface area contributed by atoms with Crippen molar-refractivity contribution in [2.75, 3.05) is 7.11 Å². The van der Waals surface area contributed by atoms with E-state index in [0.29, 0.717) is 23.8 Å². The fourth-order valence-corrected chi connectivity index (χ4v) is 2.23. The zero-order chi connectivity index (χ0) is 12.1. The average molecular weight is 257 g/mol. The van der Waals surface area contributed by atoms with Crippen LogP contribution in [0.4, 0.5) is 0 Å². The fourth-order valence-electron chi connectivity index (χ4n) is 2.12. The highest BCUT2D eigenvalue weighted by molar-refractivity contribution is 6.16. The zero-order valence-electron chi connectivity index (χ0n) is 9.93. The van der Waals surface area contributed by atoms with Gasteiger partial charge in [0.15, 0.2) is 0 Å². The summed E-state index contributed by atoms with van der Waals surface area (Å²) >= 11 is 5.59. The van der Waals surface area contributed by atoms with Gasteiger partial charge in [-0.1, -0.05) is 6.08 Å². The normalized spacial score (nSPS) is 25.5. The highest BCUT2D eigenvalue weighted by Crippen LogP contribution is 2.27. The topological polar surface area (TPSA) is 48.2 Å². The molecule has 1 aliphatic rings. The van der Waals surface area contributed by atoms with Gasteiger partial charge < -0.3 is 9.15 Å². The van der Waals surface area contributed by atoms with Crippen LogP contribution in [0.25, 0.3) is 6.08 Å². The van der Waals surface area contributed by atoms with Gasteiger partial charge in [-0.3, -0.25) is 0 Å². The van der Waals surface area contributed by atoms with Gasteiger partial charge in [0.2, 0.25) is 11.8 Å². The SMILES string of the molecule is COC1CCC(C=Cc2nnc(CCl)o2)CC1. The van der Waals surface area contributed by atoms with Gasteiger partial charge in [-0.25, -0.2) is 0 Å². The Bertz CT molecular complexity index is 370. The highest BCUT2D eigenvalue weighted by atomic mass is 35.5. The second-order valence-electron chi connectivity index (χ2n) is 4.30. The van der Waals surface area contributed by atoms with Crippen LogP contribution in [-0.2, 0) is 10.6 Å². The van der Waals surface area contributed by atoms with E-state index < -0.39 is 0 Å². The van der Waals surface area contributed by atoms with E-state index in [0.717, 1.165) is 25.7 Å². The van der Waals surface area contributed by atoms with Gasteiger partial charge in [-0.15, -0.1) is 21.8 Å². The summed E-state index contributed by atoms with van der Waals surface area (Å²) in [5.41, 5.74) is 0. The second kappa shape index (κ2) is 6.17. The average Bonchev–Trinajstić information content (AvgIpc) is 2.85. The smallest absolute Gasteiger partial charge is 0.240 e. The van der Waals surface area contributed by atoms with Gasteiger partial charge in [0, 0.05) is 7.11 Å². The number of halogens is 1. The van der Waals surface area contributed by atoms with Gasteiger partial charge in [0.1, 0.15) is 5.88 Å². The summed E-state index contributed by atoms with van der Waals surface area (Å²) in [5, 5.41) is 7.69. The number of methoxy groups -OCH3 is 1. The van der Waals surface area contributed by atoms with Crippen LogP contribution in [0.1, 0.15) is 37.5 Å². The lowest BCUT2D eigenvalue weighted by atomic mass is 9.87. The number of nitrogens with zero attached hydrogens (tertiary/aromatic N) is 2. The van der Waals surface area contributed by atoms with Crippen molar-refractivity contribution >= 4 is 17.7 Å². The van der Waals surface area contributed by atoms with Crippen LogP contribution in [0.15, 0.2) is 10.5 Å². The van der Waals surface area contributed by atoms with Crippen LogP contribution in [-0.4, -0.2) is 23.4 Å². The molecule has 17 heavy (non-hydrogen) atoms. The number of aromatic nitrogens is 2. The quantitative estimate of drug-likeness (QED) is 0.777. The standard InChI is InChI=1S/C12H17ClN2O2/c1-16-10-5-2-9(3-6-10)4-7-11-14-15-12(8-13)17-11/h4,7,9-10H,2-3,5-6,8H2,1H3. The maximum absolute atomic E-state index is 5.59. The summed E-state index contributed by atoms with van der Waals surface area (Å²) in [4.78, 5) is 0. The van der Waals surface area contributed by atoms with E-state index in [4.69, 9.17) is 20.8 Å². The molecule has 0 radical (unpaired) electrons. The molecule has 1 fully saturated rings. The summed E-state index contributed by atoms with van der Waals surface area (Å²) < 4.78 is 10.6. The lowest BCUT2D eigenvalue weighted by Crippen LogP contribution is -2.19. The minimum Gasteiger partial charge on any atom is -0.420 e. The van der Waals surface area contributed by atoms with Crippen molar-refractivity contribution in [2.24, 2.45) is 5.92 Å². The minimum atomic E-state index is 0.264.